The van der Waals surface area contributed by atoms with Crippen LogP contribution in [0.4, 0.5) is 5.82 Å². The predicted octanol–water partition coefficient (Wildman–Crippen LogP) is 2.46. The van der Waals surface area contributed by atoms with E-state index in [9.17, 15) is 0 Å². The molecule has 0 bridgehead atoms. The standard InChI is InChI=1S/C11H17N3/c12-11-10(8-3-1-2-4-8)13-7-14(11)9-5-6-9/h7-9H,1-6,12H2. The van der Waals surface area contributed by atoms with Crippen LogP contribution in [-0.2, 0) is 0 Å². The van der Waals surface area contributed by atoms with E-state index in [1.165, 1.54) is 44.2 Å². The second-order valence-corrected chi connectivity index (χ2v) is 4.63. The minimum absolute atomic E-state index is 0.648. The monoisotopic (exact) mass is 191 g/mol. The summed E-state index contributed by atoms with van der Waals surface area (Å²) >= 11 is 0. The van der Waals surface area contributed by atoms with Crippen LogP contribution >= 0.6 is 0 Å². The summed E-state index contributed by atoms with van der Waals surface area (Å²) in [7, 11) is 0. The Hall–Kier alpha value is -0.990. The Balaban J connectivity index is 1.89. The van der Waals surface area contributed by atoms with Crippen LogP contribution in [0.2, 0.25) is 0 Å². The first-order chi connectivity index (χ1) is 6.86. The number of anilines is 1. The molecule has 1 aromatic heterocycles. The largest absolute Gasteiger partial charge is 0.384 e. The smallest absolute Gasteiger partial charge is 0.127 e. The Labute approximate surface area is 84.3 Å². The van der Waals surface area contributed by atoms with Gasteiger partial charge in [0.2, 0.25) is 0 Å². The van der Waals surface area contributed by atoms with Gasteiger partial charge in [-0.05, 0) is 25.7 Å². The lowest BCUT2D eigenvalue weighted by Gasteiger charge is -2.08. The van der Waals surface area contributed by atoms with Gasteiger partial charge in [-0.2, -0.15) is 0 Å². The lowest BCUT2D eigenvalue weighted by molar-refractivity contribution is 0.701. The summed E-state index contributed by atoms with van der Waals surface area (Å²) in [5.41, 5.74) is 7.30. The average molecular weight is 191 g/mol. The van der Waals surface area contributed by atoms with Crippen LogP contribution in [-0.4, -0.2) is 9.55 Å². The summed E-state index contributed by atoms with van der Waals surface area (Å²) in [6, 6.07) is 0.664. The van der Waals surface area contributed by atoms with E-state index in [1.54, 1.807) is 0 Å². The quantitative estimate of drug-likeness (QED) is 0.780. The molecule has 76 valence electrons. The first-order valence-electron chi connectivity index (χ1n) is 5.68. The SMILES string of the molecule is Nc1c(C2CCCC2)ncn1C1CC1. The van der Waals surface area contributed by atoms with Crippen molar-refractivity contribution in [1.29, 1.82) is 0 Å². The predicted molar refractivity (Wildman–Crippen MR) is 56.1 cm³/mol. The molecule has 0 radical (unpaired) electrons. The van der Waals surface area contributed by atoms with Gasteiger partial charge >= 0.3 is 0 Å². The fourth-order valence-electron chi connectivity index (χ4n) is 2.54. The van der Waals surface area contributed by atoms with Crippen molar-refractivity contribution in [3.05, 3.63) is 12.0 Å². The molecule has 3 heteroatoms. The average Bonchev–Trinajstić information content (AvgIpc) is 2.76. The van der Waals surface area contributed by atoms with Gasteiger partial charge in [0, 0.05) is 12.0 Å². The van der Waals surface area contributed by atoms with Crippen LogP contribution in [0.25, 0.3) is 0 Å². The van der Waals surface area contributed by atoms with Crippen molar-refractivity contribution in [2.45, 2.75) is 50.5 Å². The summed E-state index contributed by atoms with van der Waals surface area (Å²) in [4.78, 5) is 4.50. The number of nitrogen functional groups attached to an aromatic ring is 1. The molecule has 2 N–H and O–H groups in total. The van der Waals surface area contributed by atoms with Crippen molar-refractivity contribution in [3.63, 3.8) is 0 Å². The highest BCUT2D eigenvalue weighted by molar-refractivity contribution is 5.40. The first kappa shape index (κ1) is 8.33. The van der Waals surface area contributed by atoms with Gasteiger partial charge in [-0.15, -0.1) is 0 Å². The Kier molecular flexibility index (Phi) is 1.79. The van der Waals surface area contributed by atoms with Gasteiger partial charge in [-0.3, -0.25) is 0 Å². The molecule has 1 heterocycles. The fourth-order valence-corrected chi connectivity index (χ4v) is 2.54. The van der Waals surface area contributed by atoms with Crippen LogP contribution < -0.4 is 5.73 Å². The minimum Gasteiger partial charge on any atom is -0.384 e. The Bertz CT molecular complexity index is 332. The zero-order valence-corrected chi connectivity index (χ0v) is 8.45. The van der Waals surface area contributed by atoms with Crippen LogP contribution in [0.5, 0.6) is 0 Å². The highest BCUT2D eigenvalue weighted by atomic mass is 15.2. The van der Waals surface area contributed by atoms with E-state index in [2.05, 4.69) is 9.55 Å². The fraction of sp³-hybridized carbons (Fsp3) is 0.727. The van der Waals surface area contributed by atoms with E-state index in [0.717, 1.165) is 5.82 Å². The van der Waals surface area contributed by atoms with Gasteiger partial charge in [0.05, 0.1) is 12.0 Å². The van der Waals surface area contributed by atoms with Crippen LogP contribution in [0.1, 0.15) is 56.2 Å². The zero-order chi connectivity index (χ0) is 9.54. The summed E-state index contributed by atoms with van der Waals surface area (Å²) < 4.78 is 2.17. The molecule has 1 aromatic rings. The number of imidazole rings is 1. The molecule has 2 saturated carbocycles. The normalized spacial score (nSPS) is 23.1. The number of rotatable bonds is 2. The molecule has 0 unspecified atom stereocenters. The molecule has 3 nitrogen and oxygen atoms in total. The molecule has 2 aliphatic rings. The number of aromatic nitrogens is 2. The highest BCUT2D eigenvalue weighted by Gasteiger charge is 2.29. The maximum atomic E-state index is 6.12. The molecule has 2 aliphatic carbocycles. The van der Waals surface area contributed by atoms with Gasteiger partial charge in [-0.1, -0.05) is 12.8 Å². The van der Waals surface area contributed by atoms with E-state index in [4.69, 9.17) is 5.73 Å². The Morgan fingerprint density at radius 2 is 1.93 bits per heavy atom. The summed E-state index contributed by atoms with van der Waals surface area (Å²) in [6.07, 6.45) is 9.77. The summed E-state index contributed by atoms with van der Waals surface area (Å²) in [6.45, 7) is 0. The molecule has 3 rings (SSSR count). The van der Waals surface area contributed by atoms with E-state index in [0.29, 0.717) is 12.0 Å². The Morgan fingerprint density at radius 3 is 2.57 bits per heavy atom. The molecule has 0 spiro atoms. The third-order valence-electron chi connectivity index (χ3n) is 3.54. The van der Waals surface area contributed by atoms with Crippen LogP contribution in [0, 0.1) is 0 Å². The van der Waals surface area contributed by atoms with Crippen molar-refractivity contribution in [1.82, 2.24) is 9.55 Å². The third kappa shape index (κ3) is 1.22. The maximum Gasteiger partial charge on any atom is 0.127 e. The first-order valence-corrected chi connectivity index (χ1v) is 5.68. The van der Waals surface area contributed by atoms with Crippen LogP contribution in [0.15, 0.2) is 6.33 Å². The third-order valence-corrected chi connectivity index (χ3v) is 3.54. The lowest BCUT2D eigenvalue weighted by Crippen LogP contribution is -2.03. The van der Waals surface area contributed by atoms with E-state index in [1.807, 2.05) is 6.33 Å². The zero-order valence-electron chi connectivity index (χ0n) is 8.45. The number of nitrogens with two attached hydrogens (primary N) is 1. The van der Waals surface area contributed by atoms with Gasteiger partial charge < -0.3 is 10.3 Å². The molecular weight excluding hydrogens is 174 g/mol. The number of hydrogen-bond donors (Lipinski definition) is 1. The molecule has 0 atom stereocenters. The topological polar surface area (TPSA) is 43.8 Å². The van der Waals surface area contributed by atoms with E-state index in [-0.39, 0.29) is 0 Å². The minimum atomic E-state index is 0.648. The van der Waals surface area contributed by atoms with E-state index >= 15 is 0 Å². The van der Waals surface area contributed by atoms with Gasteiger partial charge in [0.25, 0.3) is 0 Å². The molecule has 0 amide bonds. The van der Waals surface area contributed by atoms with Gasteiger partial charge in [0.1, 0.15) is 5.82 Å². The highest BCUT2D eigenvalue weighted by Crippen LogP contribution is 2.41. The van der Waals surface area contributed by atoms with Crippen molar-refractivity contribution in [2.24, 2.45) is 0 Å². The van der Waals surface area contributed by atoms with Crippen molar-refractivity contribution < 1.29 is 0 Å². The Morgan fingerprint density at radius 1 is 1.21 bits per heavy atom. The second kappa shape index (κ2) is 3.01. The molecular formula is C11H17N3. The molecule has 2 fully saturated rings. The van der Waals surface area contributed by atoms with Gasteiger partial charge in [-0.25, -0.2) is 4.98 Å². The van der Waals surface area contributed by atoms with E-state index < -0.39 is 0 Å². The summed E-state index contributed by atoms with van der Waals surface area (Å²) in [5.74, 6) is 1.59. The maximum absolute atomic E-state index is 6.12. The number of nitrogens with zero attached hydrogens (tertiary/aromatic N) is 2. The molecule has 0 aromatic carbocycles. The van der Waals surface area contributed by atoms with Crippen molar-refractivity contribution >= 4 is 5.82 Å². The van der Waals surface area contributed by atoms with Crippen molar-refractivity contribution in [2.75, 3.05) is 5.73 Å². The second-order valence-electron chi connectivity index (χ2n) is 4.63. The molecule has 14 heavy (non-hydrogen) atoms. The summed E-state index contributed by atoms with van der Waals surface area (Å²) in [5, 5.41) is 0. The molecule has 0 saturated heterocycles. The van der Waals surface area contributed by atoms with Gasteiger partial charge in [0.15, 0.2) is 0 Å². The van der Waals surface area contributed by atoms with Crippen LogP contribution in [0.3, 0.4) is 0 Å². The number of hydrogen-bond acceptors (Lipinski definition) is 2. The lowest BCUT2D eigenvalue weighted by atomic mass is 10.0. The van der Waals surface area contributed by atoms with Crippen molar-refractivity contribution in [3.8, 4) is 0 Å². The molecule has 0 aliphatic heterocycles.